The molecule has 3 aromatic heterocycles. The molecule has 8 rings (SSSR count). The lowest BCUT2D eigenvalue weighted by Crippen LogP contribution is -1.97. The van der Waals surface area contributed by atoms with Crippen LogP contribution in [0.15, 0.2) is 182 Å². The minimum absolute atomic E-state index is 0.632. The van der Waals surface area contributed by atoms with E-state index in [1.54, 1.807) is 0 Å². The Kier molecular flexibility index (Phi) is 7.87. The normalized spacial score (nSPS) is 10.9. The Hall–Kier alpha value is -6.52. The molecule has 8 aromatic rings. The monoisotopic (exact) mass is 614 g/mol. The Bertz CT molecular complexity index is 2160. The minimum Gasteiger partial charge on any atom is -0.256 e. The Morgan fingerprint density at radius 1 is 0.250 bits per heavy atom. The summed E-state index contributed by atoms with van der Waals surface area (Å²) in [6.07, 6.45) is 3.63. The molecule has 0 saturated heterocycles. The molecule has 0 spiro atoms. The average molecular weight is 615 g/mol. The predicted octanol–water partition coefficient (Wildman–Crippen LogP) is 10.9. The first kappa shape index (κ1) is 28.9. The Balaban J connectivity index is 1.33. The molecular weight excluding hydrogens is 585 g/mol. The first-order chi connectivity index (χ1) is 23.8. The van der Waals surface area contributed by atoms with Gasteiger partial charge in [0.15, 0.2) is 5.82 Å². The maximum absolute atomic E-state index is 5.23. The first-order valence-electron chi connectivity index (χ1n) is 16.0. The van der Waals surface area contributed by atoms with E-state index in [0.29, 0.717) is 5.82 Å². The Morgan fingerprint density at radius 2 is 0.646 bits per heavy atom. The second kappa shape index (κ2) is 13.1. The fourth-order valence-electron chi connectivity index (χ4n) is 5.97. The van der Waals surface area contributed by atoms with Crippen LogP contribution < -0.4 is 0 Å². The maximum atomic E-state index is 5.23. The molecule has 0 N–H and O–H groups in total. The van der Waals surface area contributed by atoms with Gasteiger partial charge in [0.05, 0.1) is 22.8 Å². The SMILES string of the molecule is c1ccc(-c2cccc(-c3cc(-c4cccc(-c5ccccc5)c4)nc(-c4cc(-c5ccccn5)cc(-c5ccccn5)c4)n3)c2)cc1. The Labute approximate surface area is 280 Å². The van der Waals surface area contributed by atoms with E-state index in [9.17, 15) is 0 Å². The van der Waals surface area contributed by atoms with Gasteiger partial charge in [-0.25, -0.2) is 9.97 Å². The molecule has 0 unspecified atom stereocenters. The van der Waals surface area contributed by atoms with Crippen molar-refractivity contribution in [1.29, 1.82) is 0 Å². The molecular formula is C44H30N4. The maximum Gasteiger partial charge on any atom is 0.160 e. The van der Waals surface area contributed by atoms with Crippen molar-refractivity contribution in [1.82, 2.24) is 19.9 Å². The zero-order valence-electron chi connectivity index (χ0n) is 26.1. The first-order valence-corrected chi connectivity index (χ1v) is 16.0. The molecule has 0 aliphatic carbocycles. The van der Waals surface area contributed by atoms with Crippen LogP contribution in [0.3, 0.4) is 0 Å². The van der Waals surface area contributed by atoms with Gasteiger partial charge >= 0.3 is 0 Å². The molecule has 0 aliphatic rings. The van der Waals surface area contributed by atoms with Crippen LogP contribution in [0.1, 0.15) is 0 Å². The summed E-state index contributed by atoms with van der Waals surface area (Å²) in [7, 11) is 0. The molecule has 3 heterocycles. The van der Waals surface area contributed by atoms with Gasteiger partial charge < -0.3 is 0 Å². The van der Waals surface area contributed by atoms with Gasteiger partial charge in [-0.05, 0) is 82.9 Å². The number of benzene rings is 5. The third-order valence-electron chi connectivity index (χ3n) is 8.37. The number of hydrogen-bond acceptors (Lipinski definition) is 4. The Morgan fingerprint density at radius 3 is 1.10 bits per heavy atom. The summed E-state index contributed by atoms with van der Waals surface area (Å²) < 4.78 is 0. The molecule has 0 fully saturated rings. The van der Waals surface area contributed by atoms with E-state index in [0.717, 1.165) is 72.8 Å². The highest BCUT2D eigenvalue weighted by molar-refractivity contribution is 5.81. The molecule has 0 amide bonds. The molecule has 0 radical (unpaired) electrons. The van der Waals surface area contributed by atoms with Crippen LogP contribution in [0.5, 0.6) is 0 Å². The summed E-state index contributed by atoms with van der Waals surface area (Å²) in [6, 6.07) is 58.4. The van der Waals surface area contributed by atoms with Crippen LogP contribution >= 0.6 is 0 Å². The molecule has 226 valence electrons. The number of pyridine rings is 2. The number of nitrogens with zero attached hydrogens (tertiary/aromatic N) is 4. The van der Waals surface area contributed by atoms with Gasteiger partial charge in [-0.3, -0.25) is 9.97 Å². The summed E-state index contributed by atoms with van der Waals surface area (Å²) in [5.41, 5.74) is 12.9. The van der Waals surface area contributed by atoms with Crippen molar-refractivity contribution in [3.8, 4) is 78.7 Å². The summed E-state index contributed by atoms with van der Waals surface area (Å²) >= 11 is 0. The molecule has 48 heavy (non-hydrogen) atoms. The van der Waals surface area contributed by atoms with Crippen molar-refractivity contribution in [2.45, 2.75) is 0 Å². The largest absolute Gasteiger partial charge is 0.256 e. The third-order valence-corrected chi connectivity index (χ3v) is 8.37. The van der Waals surface area contributed by atoms with E-state index in [2.05, 4.69) is 131 Å². The van der Waals surface area contributed by atoms with E-state index in [4.69, 9.17) is 9.97 Å². The molecule has 0 bridgehead atoms. The average Bonchev–Trinajstić information content (AvgIpc) is 3.19. The van der Waals surface area contributed by atoms with Gasteiger partial charge in [-0.15, -0.1) is 0 Å². The van der Waals surface area contributed by atoms with Crippen LogP contribution in [-0.2, 0) is 0 Å². The number of hydrogen-bond donors (Lipinski definition) is 0. The quantitative estimate of drug-likeness (QED) is 0.179. The standard InChI is InChI=1S/C44H30N4/c1-3-13-31(14-4-1)33-17-11-19-35(25-33)42-30-43(36-20-12-18-34(26-36)32-15-5-2-6-16-32)48-44(47-42)39-28-37(40-21-7-9-23-45-40)27-38(29-39)41-22-8-10-24-46-41/h1-30H. The van der Waals surface area contributed by atoms with Gasteiger partial charge in [-0.1, -0.05) is 109 Å². The van der Waals surface area contributed by atoms with Crippen LogP contribution in [0.4, 0.5) is 0 Å². The number of rotatable bonds is 7. The lowest BCUT2D eigenvalue weighted by molar-refractivity contribution is 1.18. The van der Waals surface area contributed by atoms with Crippen molar-refractivity contribution >= 4 is 0 Å². The lowest BCUT2D eigenvalue weighted by atomic mass is 9.98. The fraction of sp³-hybridized carbons (Fsp3) is 0. The van der Waals surface area contributed by atoms with Gasteiger partial charge in [0.2, 0.25) is 0 Å². The number of aromatic nitrogens is 4. The van der Waals surface area contributed by atoms with Crippen molar-refractivity contribution < 1.29 is 0 Å². The summed E-state index contributed by atoms with van der Waals surface area (Å²) in [6.45, 7) is 0. The topological polar surface area (TPSA) is 51.6 Å². The molecule has 0 atom stereocenters. The molecule has 4 nitrogen and oxygen atoms in total. The smallest absolute Gasteiger partial charge is 0.160 e. The molecule has 4 heteroatoms. The highest BCUT2D eigenvalue weighted by Gasteiger charge is 2.15. The van der Waals surface area contributed by atoms with Crippen molar-refractivity contribution in [2.24, 2.45) is 0 Å². The molecule has 5 aromatic carbocycles. The summed E-state index contributed by atoms with van der Waals surface area (Å²) in [5, 5.41) is 0. The van der Waals surface area contributed by atoms with Crippen LogP contribution in [0.25, 0.3) is 78.7 Å². The highest BCUT2D eigenvalue weighted by atomic mass is 14.9. The van der Waals surface area contributed by atoms with Crippen LogP contribution in [0.2, 0.25) is 0 Å². The second-order valence-corrected chi connectivity index (χ2v) is 11.6. The molecule has 0 aliphatic heterocycles. The van der Waals surface area contributed by atoms with Gasteiger partial charge in [0.25, 0.3) is 0 Å². The summed E-state index contributed by atoms with van der Waals surface area (Å²) in [4.78, 5) is 19.8. The third kappa shape index (κ3) is 6.15. The van der Waals surface area contributed by atoms with Crippen molar-refractivity contribution in [2.75, 3.05) is 0 Å². The highest BCUT2D eigenvalue weighted by Crippen LogP contribution is 2.35. The fourth-order valence-corrected chi connectivity index (χ4v) is 5.97. The zero-order valence-corrected chi connectivity index (χ0v) is 26.1. The predicted molar refractivity (Wildman–Crippen MR) is 196 cm³/mol. The van der Waals surface area contributed by atoms with Crippen molar-refractivity contribution in [3.63, 3.8) is 0 Å². The zero-order chi connectivity index (χ0) is 32.1. The van der Waals surface area contributed by atoms with E-state index < -0.39 is 0 Å². The van der Waals surface area contributed by atoms with E-state index in [1.165, 1.54) is 0 Å². The van der Waals surface area contributed by atoms with E-state index in [-0.39, 0.29) is 0 Å². The van der Waals surface area contributed by atoms with Crippen LogP contribution in [-0.4, -0.2) is 19.9 Å². The van der Waals surface area contributed by atoms with Crippen LogP contribution in [0, 0.1) is 0 Å². The minimum atomic E-state index is 0.632. The van der Waals surface area contributed by atoms with Gasteiger partial charge in [-0.2, -0.15) is 0 Å². The summed E-state index contributed by atoms with van der Waals surface area (Å²) in [5.74, 6) is 0.632. The molecule has 0 saturated carbocycles. The van der Waals surface area contributed by atoms with E-state index in [1.807, 2.05) is 60.9 Å². The lowest BCUT2D eigenvalue weighted by Gasteiger charge is -2.13. The second-order valence-electron chi connectivity index (χ2n) is 11.6. The van der Waals surface area contributed by atoms with Gasteiger partial charge in [0.1, 0.15) is 0 Å². The van der Waals surface area contributed by atoms with Crippen molar-refractivity contribution in [3.05, 3.63) is 182 Å². The van der Waals surface area contributed by atoms with E-state index >= 15 is 0 Å². The van der Waals surface area contributed by atoms with Gasteiger partial charge in [0, 0.05) is 40.2 Å².